The SMILES string of the molecule is C[C@H]1OCCC1=NOC(=O)Nc1c(Cl)cccc1Cl. The van der Waals surface area contributed by atoms with Gasteiger partial charge in [-0.25, -0.2) is 4.79 Å². The molecule has 1 N–H and O–H groups in total. The van der Waals surface area contributed by atoms with Crippen LogP contribution in [0.15, 0.2) is 23.4 Å². The molecule has 1 aliphatic heterocycles. The molecule has 1 aliphatic rings. The monoisotopic (exact) mass is 302 g/mol. The summed E-state index contributed by atoms with van der Waals surface area (Å²) in [4.78, 5) is 16.3. The Hall–Kier alpha value is -1.30. The van der Waals surface area contributed by atoms with Gasteiger partial charge in [0, 0.05) is 6.42 Å². The van der Waals surface area contributed by atoms with Crippen molar-refractivity contribution in [3.05, 3.63) is 28.2 Å². The lowest BCUT2D eigenvalue weighted by Gasteiger charge is -2.07. The van der Waals surface area contributed by atoms with Crippen LogP contribution in [0.5, 0.6) is 0 Å². The summed E-state index contributed by atoms with van der Waals surface area (Å²) >= 11 is 11.8. The molecule has 0 spiro atoms. The number of carbonyl (C=O) groups excluding carboxylic acids is 1. The maximum atomic E-state index is 11.6. The number of amides is 1. The normalized spacial score (nSPS) is 20.6. The molecule has 0 bridgehead atoms. The standard InChI is InChI=1S/C12H12Cl2N2O3/c1-7-10(5-6-18-7)16-19-12(17)15-11-8(13)3-2-4-9(11)14/h2-4,7H,5-6H2,1H3,(H,15,17)/t7-/m1/s1. The van der Waals surface area contributed by atoms with Gasteiger partial charge in [0.25, 0.3) is 0 Å². The average Bonchev–Trinajstić information content (AvgIpc) is 2.77. The van der Waals surface area contributed by atoms with Crippen molar-refractivity contribution < 1.29 is 14.4 Å². The summed E-state index contributed by atoms with van der Waals surface area (Å²) < 4.78 is 5.27. The predicted molar refractivity (Wildman–Crippen MR) is 74.0 cm³/mol. The van der Waals surface area contributed by atoms with Crippen LogP contribution < -0.4 is 5.32 Å². The minimum atomic E-state index is -0.749. The van der Waals surface area contributed by atoms with Gasteiger partial charge < -0.3 is 4.74 Å². The molecule has 5 nitrogen and oxygen atoms in total. The number of carbonyl (C=O) groups is 1. The van der Waals surface area contributed by atoms with Crippen LogP contribution in [0, 0.1) is 0 Å². The van der Waals surface area contributed by atoms with Crippen LogP contribution in [-0.2, 0) is 9.57 Å². The summed E-state index contributed by atoms with van der Waals surface area (Å²) in [5.74, 6) is 0. The molecule has 1 atom stereocenters. The quantitative estimate of drug-likeness (QED) is 0.669. The third-order valence-electron chi connectivity index (χ3n) is 2.63. The van der Waals surface area contributed by atoms with Gasteiger partial charge in [-0.2, -0.15) is 0 Å². The van der Waals surface area contributed by atoms with Crippen molar-refractivity contribution in [3.63, 3.8) is 0 Å². The molecule has 1 aromatic carbocycles. The minimum Gasteiger partial charge on any atom is -0.372 e. The number of nitrogens with zero attached hydrogens (tertiary/aromatic N) is 1. The van der Waals surface area contributed by atoms with E-state index >= 15 is 0 Å². The third kappa shape index (κ3) is 3.59. The van der Waals surface area contributed by atoms with Gasteiger partial charge in [0.05, 0.1) is 34.2 Å². The Labute approximate surface area is 120 Å². The Morgan fingerprint density at radius 2 is 2.16 bits per heavy atom. The van der Waals surface area contributed by atoms with Crippen LogP contribution in [0.3, 0.4) is 0 Å². The molecular formula is C12H12Cl2N2O3. The molecule has 1 heterocycles. The van der Waals surface area contributed by atoms with Gasteiger partial charge in [-0.15, -0.1) is 0 Å². The molecule has 0 unspecified atom stereocenters. The summed E-state index contributed by atoms with van der Waals surface area (Å²) in [7, 11) is 0. The number of para-hydroxylation sites is 1. The van der Waals surface area contributed by atoms with E-state index in [-0.39, 0.29) is 6.10 Å². The van der Waals surface area contributed by atoms with E-state index in [0.717, 1.165) is 0 Å². The van der Waals surface area contributed by atoms with E-state index in [1.165, 1.54) is 0 Å². The number of ether oxygens (including phenoxy) is 1. The molecule has 1 aromatic rings. The van der Waals surface area contributed by atoms with Gasteiger partial charge >= 0.3 is 6.09 Å². The lowest BCUT2D eigenvalue weighted by atomic mass is 10.2. The molecule has 0 radical (unpaired) electrons. The second-order valence-corrected chi connectivity index (χ2v) is 4.76. The Kier molecular flexibility index (Phi) is 4.63. The highest BCUT2D eigenvalue weighted by molar-refractivity contribution is 6.39. The second-order valence-electron chi connectivity index (χ2n) is 3.95. The Bertz CT molecular complexity index is 499. The number of hydrogen-bond acceptors (Lipinski definition) is 4. The van der Waals surface area contributed by atoms with Crippen molar-refractivity contribution in [1.82, 2.24) is 0 Å². The smallest absolute Gasteiger partial charge is 0.372 e. The molecule has 2 rings (SSSR count). The van der Waals surface area contributed by atoms with Crippen molar-refractivity contribution in [3.8, 4) is 0 Å². The summed E-state index contributed by atoms with van der Waals surface area (Å²) in [6, 6.07) is 4.91. The topological polar surface area (TPSA) is 59.9 Å². The number of rotatable bonds is 2. The number of anilines is 1. The van der Waals surface area contributed by atoms with Crippen molar-refractivity contribution in [2.24, 2.45) is 5.16 Å². The maximum Gasteiger partial charge on any atom is 0.437 e. The third-order valence-corrected chi connectivity index (χ3v) is 3.26. The van der Waals surface area contributed by atoms with Crippen LogP contribution in [0.2, 0.25) is 10.0 Å². The summed E-state index contributed by atoms with van der Waals surface area (Å²) in [6.45, 7) is 2.43. The second kappa shape index (κ2) is 6.23. The minimum absolute atomic E-state index is 0.128. The first-order valence-corrected chi connectivity index (χ1v) is 6.44. The van der Waals surface area contributed by atoms with E-state index in [1.807, 2.05) is 6.92 Å². The first-order chi connectivity index (χ1) is 9.08. The fourth-order valence-corrected chi connectivity index (χ4v) is 2.09. The summed E-state index contributed by atoms with van der Waals surface area (Å²) in [5, 5.41) is 6.85. The highest BCUT2D eigenvalue weighted by atomic mass is 35.5. The van der Waals surface area contributed by atoms with Crippen molar-refractivity contribution in [1.29, 1.82) is 0 Å². The zero-order chi connectivity index (χ0) is 13.8. The van der Waals surface area contributed by atoms with Gasteiger partial charge in [-0.3, -0.25) is 10.2 Å². The fraction of sp³-hybridized carbons (Fsp3) is 0.333. The van der Waals surface area contributed by atoms with Crippen LogP contribution in [0.1, 0.15) is 13.3 Å². The Morgan fingerprint density at radius 3 is 2.74 bits per heavy atom. The van der Waals surface area contributed by atoms with Crippen molar-refractivity contribution in [2.45, 2.75) is 19.4 Å². The molecule has 0 aromatic heterocycles. The van der Waals surface area contributed by atoms with Gasteiger partial charge in [-0.1, -0.05) is 34.4 Å². The Balaban J connectivity index is 1.98. The predicted octanol–water partition coefficient (Wildman–Crippen LogP) is 3.71. The van der Waals surface area contributed by atoms with E-state index in [1.54, 1.807) is 18.2 Å². The van der Waals surface area contributed by atoms with Crippen LogP contribution in [0.4, 0.5) is 10.5 Å². The molecule has 1 saturated heterocycles. The summed E-state index contributed by atoms with van der Waals surface area (Å²) in [6.07, 6.45) is -0.223. The largest absolute Gasteiger partial charge is 0.437 e. The van der Waals surface area contributed by atoms with Crippen molar-refractivity contribution >= 4 is 40.7 Å². The number of halogens is 2. The average molecular weight is 303 g/mol. The van der Waals surface area contributed by atoms with E-state index in [0.29, 0.717) is 34.5 Å². The first kappa shape index (κ1) is 14.1. The fourth-order valence-electron chi connectivity index (χ4n) is 1.60. The number of oxime groups is 1. The van der Waals surface area contributed by atoms with Crippen LogP contribution in [0.25, 0.3) is 0 Å². The highest BCUT2D eigenvalue weighted by Crippen LogP contribution is 2.29. The molecule has 0 saturated carbocycles. The Morgan fingerprint density at radius 1 is 1.47 bits per heavy atom. The molecule has 7 heteroatoms. The molecule has 1 amide bonds. The zero-order valence-corrected chi connectivity index (χ0v) is 11.7. The van der Waals surface area contributed by atoms with Gasteiger partial charge in [0.15, 0.2) is 0 Å². The zero-order valence-electron chi connectivity index (χ0n) is 10.2. The van der Waals surface area contributed by atoms with Crippen LogP contribution >= 0.6 is 23.2 Å². The van der Waals surface area contributed by atoms with Crippen molar-refractivity contribution in [2.75, 3.05) is 11.9 Å². The first-order valence-electron chi connectivity index (χ1n) is 5.68. The number of nitrogens with one attached hydrogen (secondary N) is 1. The van der Waals surface area contributed by atoms with Gasteiger partial charge in [-0.05, 0) is 19.1 Å². The highest BCUT2D eigenvalue weighted by Gasteiger charge is 2.20. The molecule has 1 fully saturated rings. The number of hydrogen-bond donors (Lipinski definition) is 1. The molecule has 102 valence electrons. The lowest BCUT2D eigenvalue weighted by molar-refractivity contribution is 0.141. The van der Waals surface area contributed by atoms with Crippen LogP contribution in [-0.4, -0.2) is 24.5 Å². The van der Waals surface area contributed by atoms with E-state index < -0.39 is 6.09 Å². The van der Waals surface area contributed by atoms with E-state index in [4.69, 9.17) is 32.8 Å². The molecule has 0 aliphatic carbocycles. The number of benzene rings is 1. The summed E-state index contributed by atoms with van der Waals surface area (Å²) in [5.41, 5.74) is 0.993. The molecular weight excluding hydrogens is 291 g/mol. The molecule has 19 heavy (non-hydrogen) atoms. The van der Waals surface area contributed by atoms with E-state index in [9.17, 15) is 4.79 Å². The van der Waals surface area contributed by atoms with E-state index in [2.05, 4.69) is 10.5 Å². The van der Waals surface area contributed by atoms with Gasteiger partial charge in [0.1, 0.15) is 0 Å². The lowest BCUT2D eigenvalue weighted by Crippen LogP contribution is -2.15. The maximum absolute atomic E-state index is 11.6. The van der Waals surface area contributed by atoms with Gasteiger partial charge in [0.2, 0.25) is 0 Å².